The van der Waals surface area contributed by atoms with E-state index in [1.807, 2.05) is 13.0 Å². The Morgan fingerprint density at radius 1 is 1.10 bits per heavy atom. The van der Waals surface area contributed by atoms with Gasteiger partial charge < -0.3 is 9.73 Å². The van der Waals surface area contributed by atoms with Gasteiger partial charge in [-0.15, -0.1) is 0 Å². The monoisotopic (exact) mass is 390 g/mol. The standard InChI is InChI=1S/C25H30N2O2/c1-2-9-23(28)26-17-19-16-21(19)20-13-8-14-22-25(20)29-24(27-22)15-7-6-12-18-10-4-3-5-11-18/h3-5,8,10-11,13-14,19,21H,2,6-7,9,12,15-17H2,1H3,(H,26,28)/t19-,21+/m0/s1. The predicted octanol–water partition coefficient (Wildman–Crippen LogP) is 5.41. The lowest BCUT2D eigenvalue weighted by atomic mass is 10.1. The van der Waals surface area contributed by atoms with Gasteiger partial charge in [0.2, 0.25) is 5.91 Å². The van der Waals surface area contributed by atoms with Crippen molar-refractivity contribution in [1.29, 1.82) is 0 Å². The molecule has 1 heterocycles. The molecule has 4 heteroatoms. The molecule has 29 heavy (non-hydrogen) atoms. The number of amides is 1. The van der Waals surface area contributed by atoms with Crippen molar-refractivity contribution in [3.05, 3.63) is 65.5 Å². The number of aromatic nitrogens is 1. The number of aryl methyl sites for hydroxylation is 2. The minimum absolute atomic E-state index is 0.161. The topological polar surface area (TPSA) is 55.1 Å². The van der Waals surface area contributed by atoms with Crippen molar-refractivity contribution >= 4 is 17.0 Å². The van der Waals surface area contributed by atoms with Gasteiger partial charge in [-0.25, -0.2) is 4.98 Å². The number of oxazole rings is 1. The van der Waals surface area contributed by atoms with E-state index >= 15 is 0 Å². The molecule has 0 bridgehead atoms. The summed E-state index contributed by atoms with van der Waals surface area (Å²) in [6, 6.07) is 16.9. The number of fused-ring (bicyclic) bond motifs is 1. The maximum atomic E-state index is 11.7. The van der Waals surface area contributed by atoms with Crippen LogP contribution in [0.15, 0.2) is 52.9 Å². The van der Waals surface area contributed by atoms with Gasteiger partial charge in [-0.2, -0.15) is 0 Å². The van der Waals surface area contributed by atoms with E-state index in [2.05, 4.69) is 47.8 Å². The lowest BCUT2D eigenvalue weighted by Crippen LogP contribution is -2.25. The number of benzene rings is 2. The van der Waals surface area contributed by atoms with Crippen molar-refractivity contribution in [2.75, 3.05) is 6.54 Å². The van der Waals surface area contributed by atoms with E-state index in [0.29, 0.717) is 18.3 Å². The summed E-state index contributed by atoms with van der Waals surface area (Å²) in [7, 11) is 0. The minimum Gasteiger partial charge on any atom is -0.440 e. The van der Waals surface area contributed by atoms with Crippen molar-refractivity contribution in [1.82, 2.24) is 10.3 Å². The van der Waals surface area contributed by atoms with Crippen LogP contribution in [0.4, 0.5) is 0 Å². The van der Waals surface area contributed by atoms with E-state index in [9.17, 15) is 4.79 Å². The van der Waals surface area contributed by atoms with Gasteiger partial charge in [0, 0.05) is 24.9 Å². The zero-order valence-corrected chi connectivity index (χ0v) is 17.2. The average Bonchev–Trinajstić information content (AvgIpc) is 3.39. The Labute approximate surface area is 172 Å². The number of para-hydroxylation sites is 1. The van der Waals surface area contributed by atoms with Crippen molar-refractivity contribution in [2.45, 2.75) is 57.8 Å². The molecule has 0 unspecified atom stereocenters. The maximum Gasteiger partial charge on any atom is 0.219 e. The molecule has 4 rings (SSSR count). The third kappa shape index (κ3) is 5.06. The first kappa shape index (κ1) is 19.7. The SMILES string of the molecule is CCCC(=O)NC[C@@H]1C[C@H]1c1cccc2nc(CCCCc3ccccc3)oc12. The van der Waals surface area contributed by atoms with Crippen LogP contribution in [0.3, 0.4) is 0 Å². The Bertz CT molecular complexity index is 948. The number of rotatable bonds is 10. The van der Waals surface area contributed by atoms with E-state index < -0.39 is 0 Å². The molecule has 0 spiro atoms. The van der Waals surface area contributed by atoms with Crippen LogP contribution in [0.1, 0.15) is 62.0 Å². The van der Waals surface area contributed by atoms with E-state index in [0.717, 1.165) is 62.1 Å². The second kappa shape index (κ2) is 9.25. The van der Waals surface area contributed by atoms with Gasteiger partial charge in [-0.05, 0) is 55.6 Å². The molecule has 152 valence electrons. The van der Waals surface area contributed by atoms with Gasteiger partial charge in [0.25, 0.3) is 0 Å². The minimum atomic E-state index is 0.161. The zero-order valence-electron chi connectivity index (χ0n) is 17.2. The first-order chi connectivity index (χ1) is 14.2. The van der Waals surface area contributed by atoms with Crippen LogP contribution < -0.4 is 5.32 Å². The van der Waals surface area contributed by atoms with Crippen molar-refractivity contribution in [3.63, 3.8) is 0 Å². The molecule has 0 aliphatic heterocycles. The molecular formula is C25H30N2O2. The van der Waals surface area contributed by atoms with Crippen LogP contribution in [0.5, 0.6) is 0 Å². The average molecular weight is 391 g/mol. The Balaban J connectivity index is 1.32. The molecule has 1 saturated carbocycles. The fourth-order valence-electron chi connectivity index (χ4n) is 4.08. The lowest BCUT2D eigenvalue weighted by Gasteiger charge is -2.04. The number of nitrogens with zero attached hydrogens (tertiary/aromatic N) is 1. The Kier molecular flexibility index (Phi) is 6.28. The number of carbonyl (C=O) groups excluding carboxylic acids is 1. The van der Waals surface area contributed by atoms with Crippen LogP contribution in [-0.2, 0) is 17.6 Å². The van der Waals surface area contributed by atoms with Crippen LogP contribution in [0.25, 0.3) is 11.1 Å². The van der Waals surface area contributed by atoms with Crippen molar-refractivity contribution < 1.29 is 9.21 Å². The van der Waals surface area contributed by atoms with Gasteiger partial charge in [-0.1, -0.05) is 49.4 Å². The molecule has 3 aromatic rings. The van der Waals surface area contributed by atoms with E-state index in [4.69, 9.17) is 9.40 Å². The molecule has 1 aliphatic rings. The molecule has 1 aromatic heterocycles. The third-order valence-corrected chi connectivity index (χ3v) is 5.80. The molecule has 2 aromatic carbocycles. The molecule has 1 N–H and O–H groups in total. The van der Waals surface area contributed by atoms with Crippen molar-refractivity contribution in [2.24, 2.45) is 5.92 Å². The quantitative estimate of drug-likeness (QED) is 0.471. The number of carbonyl (C=O) groups is 1. The fourth-order valence-corrected chi connectivity index (χ4v) is 4.08. The fraction of sp³-hybridized carbons (Fsp3) is 0.440. The molecule has 1 amide bonds. The van der Waals surface area contributed by atoms with Gasteiger partial charge in [-0.3, -0.25) is 4.79 Å². The zero-order chi connectivity index (χ0) is 20.1. The summed E-state index contributed by atoms with van der Waals surface area (Å²) in [4.78, 5) is 16.4. The largest absolute Gasteiger partial charge is 0.440 e. The molecule has 0 saturated heterocycles. The maximum absolute atomic E-state index is 11.7. The van der Waals surface area contributed by atoms with Gasteiger partial charge >= 0.3 is 0 Å². The first-order valence-corrected chi connectivity index (χ1v) is 10.9. The highest BCUT2D eigenvalue weighted by Gasteiger charge is 2.40. The van der Waals surface area contributed by atoms with E-state index in [1.165, 1.54) is 11.1 Å². The Morgan fingerprint density at radius 3 is 2.76 bits per heavy atom. The third-order valence-electron chi connectivity index (χ3n) is 5.80. The summed E-state index contributed by atoms with van der Waals surface area (Å²) in [5, 5.41) is 3.06. The van der Waals surface area contributed by atoms with Gasteiger partial charge in [0.05, 0.1) is 0 Å². The van der Waals surface area contributed by atoms with Crippen molar-refractivity contribution in [3.8, 4) is 0 Å². The van der Waals surface area contributed by atoms with Crippen LogP contribution in [0.2, 0.25) is 0 Å². The Hall–Kier alpha value is -2.62. The van der Waals surface area contributed by atoms with E-state index in [1.54, 1.807) is 0 Å². The molecule has 2 atom stereocenters. The normalized spacial score (nSPS) is 18.1. The molecule has 4 nitrogen and oxygen atoms in total. The lowest BCUT2D eigenvalue weighted by molar-refractivity contribution is -0.121. The molecule has 1 aliphatic carbocycles. The van der Waals surface area contributed by atoms with E-state index in [-0.39, 0.29) is 5.91 Å². The molecule has 0 radical (unpaired) electrons. The van der Waals surface area contributed by atoms with Crippen LogP contribution in [-0.4, -0.2) is 17.4 Å². The second-order valence-electron chi connectivity index (χ2n) is 8.15. The number of hydrogen-bond donors (Lipinski definition) is 1. The molecule has 1 fully saturated rings. The highest BCUT2D eigenvalue weighted by molar-refractivity contribution is 5.78. The molecular weight excluding hydrogens is 360 g/mol. The van der Waals surface area contributed by atoms with Crippen LogP contribution >= 0.6 is 0 Å². The van der Waals surface area contributed by atoms with Gasteiger partial charge in [0.15, 0.2) is 11.5 Å². The summed E-state index contributed by atoms with van der Waals surface area (Å²) in [6.07, 6.45) is 6.80. The summed E-state index contributed by atoms with van der Waals surface area (Å²) in [5.74, 6) is 1.99. The summed E-state index contributed by atoms with van der Waals surface area (Å²) in [5.41, 5.74) is 4.54. The first-order valence-electron chi connectivity index (χ1n) is 10.9. The summed E-state index contributed by atoms with van der Waals surface area (Å²) < 4.78 is 6.17. The predicted molar refractivity (Wildman–Crippen MR) is 116 cm³/mol. The number of unbranched alkanes of at least 4 members (excludes halogenated alkanes) is 1. The van der Waals surface area contributed by atoms with Crippen LogP contribution in [0, 0.1) is 5.92 Å². The second-order valence-corrected chi connectivity index (χ2v) is 8.15. The highest BCUT2D eigenvalue weighted by Crippen LogP contribution is 2.49. The summed E-state index contributed by atoms with van der Waals surface area (Å²) in [6.45, 7) is 2.80. The van der Waals surface area contributed by atoms with Gasteiger partial charge in [0.1, 0.15) is 5.52 Å². The Morgan fingerprint density at radius 2 is 1.93 bits per heavy atom. The highest BCUT2D eigenvalue weighted by atomic mass is 16.3. The number of nitrogens with one attached hydrogen (secondary N) is 1. The number of hydrogen-bond acceptors (Lipinski definition) is 3. The summed E-state index contributed by atoms with van der Waals surface area (Å²) >= 11 is 0. The smallest absolute Gasteiger partial charge is 0.219 e.